The molecule has 1 rings (SSSR count). The summed E-state index contributed by atoms with van der Waals surface area (Å²) in [5.74, 6) is 3.39. The second-order valence-electron chi connectivity index (χ2n) is 8.12. The van der Waals surface area contributed by atoms with Crippen LogP contribution in [0, 0.1) is 35.5 Å². The van der Waals surface area contributed by atoms with Crippen LogP contribution in [0.5, 0.6) is 0 Å². The summed E-state index contributed by atoms with van der Waals surface area (Å²) in [6, 6.07) is 0. The summed E-state index contributed by atoms with van der Waals surface area (Å²) >= 11 is 0. The summed E-state index contributed by atoms with van der Waals surface area (Å²) in [5, 5.41) is 0. The molecule has 1 saturated carbocycles. The monoisotopic (exact) mass is 250 g/mol. The highest BCUT2D eigenvalue weighted by Crippen LogP contribution is 2.52. The highest BCUT2D eigenvalue weighted by molar-refractivity contribution is 5.02. The van der Waals surface area contributed by atoms with Crippen molar-refractivity contribution in [2.75, 3.05) is 0 Å². The maximum absolute atomic E-state index is 3.98. The van der Waals surface area contributed by atoms with Crippen molar-refractivity contribution in [1.29, 1.82) is 0 Å². The number of unbranched alkanes of at least 4 members (excludes halogenated alkanes) is 1. The molecule has 0 aromatic heterocycles. The van der Waals surface area contributed by atoms with E-state index < -0.39 is 0 Å². The zero-order valence-electron chi connectivity index (χ0n) is 13.6. The fraction of sp³-hybridized carbons (Fsp3) is 0.889. The average molecular weight is 250 g/mol. The highest BCUT2D eigenvalue weighted by atomic mass is 14.5. The van der Waals surface area contributed by atoms with Gasteiger partial charge >= 0.3 is 0 Å². The summed E-state index contributed by atoms with van der Waals surface area (Å²) in [7, 11) is 0. The lowest BCUT2D eigenvalue weighted by atomic mass is 9.57. The second kappa shape index (κ2) is 5.97. The van der Waals surface area contributed by atoms with Gasteiger partial charge < -0.3 is 0 Å². The highest BCUT2D eigenvalue weighted by Gasteiger charge is 2.41. The molecule has 2 radical (unpaired) electrons. The molecule has 0 aliphatic heterocycles. The van der Waals surface area contributed by atoms with E-state index in [1.165, 1.54) is 32.1 Å². The van der Waals surface area contributed by atoms with Gasteiger partial charge in [0.1, 0.15) is 0 Å². The lowest BCUT2D eigenvalue weighted by Gasteiger charge is -2.48. The Labute approximate surface area is 116 Å². The van der Waals surface area contributed by atoms with Crippen molar-refractivity contribution in [2.45, 2.75) is 80.1 Å². The molecule has 0 bridgehead atoms. The summed E-state index contributed by atoms with van der Waals surface area (Å²) in [5.41, 5.74) is 0.977. The molecule has 2 atom stereocenters. The van der Waals surface area contributed by atoms with Crippen molar-refractivity contribution in [3.8, 4) is 0 Å². The van der Waals surface area contributed by atoms with Gasteiger partial charge in [-0.25, -0.2) is 0 Å². The van der Waals surface area contributed by atoms with Crippen LogP contribution >= 0.6 is 0 Å². The Kier molecular flexibility index (Phi) is 5.32. The molecule has 1 aliphatic carbocycles. The van der Waals surface area contributed by atoms with Gasteiger partial charge in [-0.15, -0.1) is 0 Å². The number of hydrogen-bond donors (Lipinski definition) is 0. The van der Waals surface area contributed by atoms with Gasteiger partial charge in [0, 0.05) is 0 Å². The first-order valence-corrected chi connectivity index (χ1v) is 7.79. The standard InChI is InChI=1S/C18H34/c1-8-9-10-15(3)18(6,7)16-11-14(2)12-17(4,5)13-16/h15-16H,1,8-13H2,2-7H3. The molecule has 0 amide bonds. The van der Waals surface area contributed by atoms with Crippen LogP contribution in [0.15, 0.2) is 0 Å². The van der Waals surface area contributed by atoms with E-state index in [0.717, 1.165) is 18.3 Å². The molecule has 1 aliphatic rings. The van der Waals surface area contributed by atoms with Gasteiger partial charge in [-0.3, -0.25) is 0 Å². The normalized spacial score (nSPS) is 27.2. The van der Waals surface area contributed by atoms with Crippen molar-refractivity contribution in [3.05, 3.63) is 12.8 Å². The van der Waals surface area contributed by atoms with Gasteiger partial charge in [-0.1, -0.05) is 67.7 Å². The van der Waals surface area contributed by atoms with Gasteiger partial charge in [0.05, 0.1) is 0 Å². The Balaban J connectivity index is 2.71. The van der Waals surface area contributed by atoms with E-state index in [1.807, 2.05) is 0 Å². The summed E-state index contributed by atoms with van der Waals surface area (Å²) in [6.45, 7) is 18.7. The third-order valence-electron chi connectivity index (χ3n) is 5.38. The zero-order valence-corrected chi connectivity index (χ0v) is 13.6. The van der Waals surface area contributed by atoms with Gasteiger partial charge in [0.2, 0.25) is 0 Å². The fourth-order valence-electron chi connectivity index (χ4n) is 3.87. The van der Waals surface area contributed by atoms with E-state index in [9.17, 15) is 0 Å². The summed E-state index contributed by atoms with van der Waals surface area (Å²) in [4.78, 5) is 0. The third kappa shape index (κ3) is 4.00. The molecule has 0 heteroatoms. The predicted molar refractivity (Wildman–Crippen MR) is 82.2 cm³/mol. The smallest absolute Gasteiger partial charge is 0.0264 e. The van der Waals surface area contributed by atoms with Crippen LogP contribution in [-0.4, -0.2) is 0 Å². The quantitative estimate of drug-likeness (QED) is 0.555. The molecular formula is C18H34. The van der Waals surface area contributed by atoms with Crippen LogP contribution in [0.3, 0.4) is 0 Å². The Morgan fingerprint density at radius 3 is 2.50 bits per heavy atom. The average Bonchev–Trinajstić information content (AvgIpc) is 2.22. The first kappa shape index (κ1) is 16.1. The lowest BCUT2D eigenvalue weighted by molar-refractivity contribution is 0.0495. The molecule has 0 heterocycles. The van der Waals surface area contributed by atoms with Crippen molar-refractivity contribution in [2.24, 2.45) is 22.7 Å². The third-order valence-corrected chi connectivity index (χ3v) is 5.38. The Morgan fingerprint density at radius 1 is 1.39 bits per heavy atom. The van der Waals surface area contributed by atoms with Gasteiger partial charge in [0.25, 0.3) is 0 Å². The topological polar surface area (TPSA) is 0 Å². The van der Waals surface area contributed by atoms with Crippen molar-refractivity contribution in [3.63, 3.8) is 0 Å². The van der Waals surface area contributed by atoms with Gasteiger partial charge in [-0.2, -0.15) is 0 Å². The van der Waals surface area contributed by atoms with Crippen molar-refractivity contribution < 1.29 is 0 Å². The molecule has 1 fully saturated rings. The second-order valence-corrected chi connectivity index (χ2v) is 8.12. The number of rotatable bonds is 5. The maximum atomic E-state index is 3.98. The largest absolute Gasteiger partial charge is 0.0620 e. The SMILES string of the molecule is [CH2]CCCC(C)C(C)(C)C1C[C](C)CC(C)(C)C1. The molecule has 0 spiro atoms. The van der Waals surface area contributed by atoms with E-state index in [-0.39, 0.29) is 0 Å². The van der Waals surface area contributed by atoms with Crippen LogP contribution < -0.4 is 0 Å². The molecule has 0 aromatic carbocycles. The molecule has 106 valence electrons. The van der Waals surface area contributed by atoms with Gasteiger partial charge in [0.15, 0.2) is 0 Å². The summed E-state index contributed by atoms with van der Waals surface area (Å²) in [6.07, 6.45) is 7.78. The van der Waals surface area contributed by atoms with Gasteiger partial charge in [-0.05, 0) is 47.8 Å². The van der Waals surface area contributed by atoms with Crippen molar-refractivity contribution in [1.82, 2.24) is 0 Å². The Morgan fingerprint density at radius 2 is 2.00 bits per heavy atom. The first-order valence-electron chi connectivity index (χ1n) is 7.79. The minimum absolute atomic E-state index is 0.466. The molecule has 2 unspecified atom stereocenters. The van der Waals surface area contributed by atoms with Crippen LogP contribution in [0.4, 0.5) is 0 Å². The zero-order chi connectivity index (χ0) is 14.0. The van der Waals surface area contributed by atoms with Crippen LogP contribution in [0.25, 0.3) is 0 Å². The predicted octanol–water partition coefficient (Wildman–Crippen LogP) is 6.07. The van der Waals surface area contributed by atoms with E-state index in [0.29, 0.717) is 10.8 Å². The van der Waals surface area contributed by atoms with Crippen molar-refractivity contribution >= 4 is 0 Å². The molecule has 0 N–H and O–H groups in total. The fourth-order valence-corrected chi connectivity index (χ4v) is 3.87. The molecule has 0 aromatic rings. The van der Waals surface area contributed by atoms with Crippen LogP contribution in [0.2, 0.25) is 0 Å². The van der Waals surface area contributed by atoms with Crippen LogP contribution in [-0.2, 0) is 0 Å². The van der Waals surface area contributed by atoms with E-state index in [2.05, 4.69) is 48.5 Å². The molecule has 0 nitrogen and oxygen atoms in total. The maximum Gasteiger partial charge on any atom is -0.0264 e. The number of hydrogen-bond acceptors (Lipinski definition) is 0. The molecule has 18 heavy (non-hydrogen) atoms. The Bertz CT molecular complexity index is 249. The Hall–Kier alpha value is 0. The van der Waals surface area contributed by atoms with Crippen LogP contribution in [0.1, 0.15) is 80.1 Å². The van der Waals surface area contributed by atoms with E-state index in [1.54, 1.807) is 5.92 Å². The van der Waals surface area contributed by atoms with E-state index >= 15 is 0 Å². The lowest BCUT2D eigenvalue weighted by Crippen LogP contribution is -2.38. The minimum Gasteiger partial charge on any atom is -0.0620 e. The molecular weight excluding hydrogens is 216 g/mol. The molecule has 0 saturated heterocycles. The summed E-state index contributed by atoms with van der Waals surface area (Å²) < 4.78 is 0. The minimum atomic E-state index is 0.466. The van der Waals surface area contributed by atoms with E-state index in [4.69, 9.17) is 0 Å². The first-order chi connectivity index (χ1) is 8.19.